The van der Waals surface area contributed by atoms with Gasteiger partial charge in [0.2, 0.25) is 0 Å². The number of nitrogens with zero attached hydrogens (tertiary/aromatic N) is 1. The van der Waals surface area contributed by atoms with Gasteiger partial charge in [-0.25, -0.2) is 4.98 Å². The molecular weight excluding hydrogens is 296 g/mol. The zero-order valence-electron chi connectivity index (χ0n) is 13.5. The Balaban J connectivity index is 1.97. The summed E-state index contributed by atoms with van der Waals surface area (Å²) in [6, 6.07) is 8.90. The lowest BCUT2D eigenvalue weighted by Gasteiger charge is -2.09. The molecule has 0 unspecified atom stereocenters. The first-order chi connectivity index (χ1) is 11.0. The molecule has 122 valence electrons. The number of esters is 1. The summed E-state index contributed by atoms with van der Waals surface area (Å²) >= 11 is 0. The Labute approximate surface area is 134 Å². The van der Waals surface area contributed by atoms with Crippen molar-refractivity contribution in [1.29, 1.82) is 0 Å². The van der Waals surface area contributed by atoms with Gasteiger partial charge in [-0.15, -0.1) is 0 Å². The predicted molar refractivity (Wildman–Crippen MR) is 86.5 cm³/mol. The lowest BCUT2D eigenvalue weighted by atomic mass is 10.2. The molecule has 0 fully saturated rings. The number of nitrogens with one attached hydrogen (secondary N) is 1. The highest BCUT2D eigenvalue weighted by atomic mass is 16.5. The van der Waals surface area contributed by atoms with E-state index in [1.807, 2.05) is 12.1 Å². The molecule has 0 radical (unpaired) electrons. The number of aromatic nitrogens is 1. The monoisotopic (exact) mass is 316 g/mol. The molecule has 0 aliphatic rings. The Kier molecular flexibility index (Phi) is 5.51. The van der Waals surface area contributed by atoms with E-state index in [0.717, 1.165) is 11.1 Å². The fourth-order valence-electron chi connectivity index (χ4n) is 2.05. The second-order valence-electron chi connectivity index (χ2n) is 5.30. The average Bonchev–Trinajstić information content (AvgIpc) is 2.53. The van der Waals surface area contributed by atoms with E-state index in [0.29, 0.717) is 11.2 Å². The van der Waals surface area contributed by atoms with Gasteiger partial charge < -0.3 is 14.8 Å². The van der Waals surface area contributed by atoms with Gasteiger partial charge in [-0.2, -0.15) is 0 Å². The number of pyridine rings is 1. The molecule has 23 heavy (non-hydrogen) atoms. The fourth-order valence-corrected chi connectivity index (χ4v) is 2.05. The molecule has 1 N–H and O–H groups in total. The van der Waals surface area contributed by atoms with Gasteiger partial charge >= 0.3 is 5.97 Å². The zero-order valence-corrected chi connectivity index (χ0v) is 13.5. The normalized spacial score (nSPS) is 10.6. The summed E-state index contributed by atoms with van der Waals surface area (Å²) in [7, 11) is 1.60. The minimum Gasteiger partial charge on any atom is -0.497 e. The minimum atomic E-state index is -0.334. The van der Waals surface area contributed by atoms with Crippen LogP contribution in [-0.2, 0) is 9.53 Å². The molecule has 6 nitrogen and oxygen atoms in total. The van der Waals surface area contributed by atoms with Crippen molar-refractivity contribution in [3.05, 3.63) is 36.0 Å². The second-order valence-corrected chi connectivity index (χ2v) is 5.30. The maximum atomic E-state index is 12.1. The zero-order chi connectivity index (χ0) is 16.8. The third-order valence-corrected chi connectivity index (χ3v) is 3.11. The second kappa shape index (κ2) is 7.58. The van der Waals surface area contributed by atoms with Crippen LogP contribution in [0, 0.1) is 0 Å². The van der Waals surface area contributed by atoms with Crippen molar-refractivity contribution in [3.8, 4) is 5.75 Å². The van der Waals surface area contributed by atoms with E-state index < -0.39 is 0 Å². The largest absolute Gasteiger partial charge is 0.497 e. The van der Waals surface area contributed by atoms with Crippen molar-refractivity contribution in [2.75, 3.05) is 13.7 Å². The van der Waals surface area contributed by atoms with Crippen LogP contribution in [0.1, 0.15) is 30.8 Å². The number of carbonyl (C=O) groups is 2. The highest BCUT2D eigenvalue weighted by Crippen LogP contribution is 2.19. The van der Waals surface area contributed by atoms with Crippen LogP contribution in [0.25, 0.3) is 10.9 Å². The number of methoxy groups -OCH3 is 1. The SMILES string of the molecule is COc1ccc2nc(C(=O)NCCC(=O)OC(C)C)ccc2c1. The quantitative estimate of drug-likeness (QED) is 0.828. The van der Waals surface area contributed by atoms with Gasteiger partial charge in [0.25, 0.3) is 5.91 Å². The van der Waals surface area contributed by atoms with E-state index >= 15 is 0 Å². The number of benzene rings is 1. The van der Waals surface area contributed by atoms with Crippen molar-refractivity contribution >= 4 is 22.8 Å². The van der Waals surface area contributed by atoms with Crippen LogP contribution in [0.2, 0.25) is 0 Å². The summed E-state index contributed by atoms with van der Waals surface area (Å²) < 4.78 is 10.2. The van der Waals surface area contributed by atoms with Crippen molar-refractivity contribution in [1.82, 2.24) is 10.3 Å². The van der Waals surface area contributed by atoms with Crippen LogP contribution in [0.15, 0.2) is 30.3 Å². The van der Waals surface area contributed by atoms with Crippen molar-refractivity contribution in [2.45, 2.75) is 26.4 Å². The molecule has 2 rings (SSSR count). The maximum Gasteiger partial charge on any atom is 0.307 e. The summed E-state index contributed by atoms with van der Waals surface area (Å²) in [6.07, 6.45) is -0.0216. The van der Waals surface area contributed by atoms with E-state index in [4.69, 9.17) is 9.47 Å². The van der Waals surface area contributed by atoms with Gasteiger partial charge in [-0.3, -0.25) is 9.59 Å². The van der Waals surface area contributed by atoms with Crippen molar-refractivity contribution < 1.29 is 19.1 Å². The van der Waals surface area contributed by atoms with Crippen LogP contribution < -0.4 is 10.1 Å². The number of hydrogen-bond donors (Lipinski definition) is 1. The lowest BCUT2D eigenvalue weighted by molar-refractivity contribution is -0.147. The first-order valence-electron chi connectivity index (χ1n) is 7.42. The Morgan fingerprint density at radius 1 is 1.22 bits per heavy atom. The highest BCUT2D eigenvalue weighted by Gasteiger charge is 2.10. The Morgan fingerprint density at radius 3 is 2.70 bits per heavy atom. The molecule has 1 aromatic heterocycles. The molecule has 0 saturated carbocycles. The fraction of sp³-hybridized carbons (Fsp3) is 0.353. The third-order valence-electron chi connectivity index (χ3n) is 3.11. The lowest BCUT2D eigenvalue weighted by Crippen LogP contribution is -2.27. The first kappa shape index (κ1) is 16.7. The number of fused-ring (bicyclic) bond motifs is 1. The standard InChI is InChI=1S/C17H20N2O4/c1-11(2)23-16(20)8-9-18-17(21)15-6-4-12-10-13(22-3)5-7-14(12)19-15/h4-7,10-11H,8-9H2,1-3H3,(H,18,21). The van der Waals surface area contributed by atoms with E-state index in [1.54, 1.807) is 39.2 Å². The average molecular weight is 316 g/mol. The van der Waals surface area contributed by atoms with Crippen LogP contribution in [0.5, 0.6) is 5.75 Å². The predicted octanol–water partition coefficient (Wildman–Crippen LogP) is 2.31. The highest BCUT2D eigenvalue weighted by molar-refractivity contribution is 5.95. The van der Waals surface area contributed by atoms with E-state index in [9.17, 15) is 9.59 Å². The van der Waals surface area contributed by atoms with Gasteiger partial charge in [0.1, 0.15) is 11.4 Å². The molecule has 0 saturated heterocycles. The van der Waals surface area contributed by atoms with Gasteiger partial charge in [0.15, 0.2) is 0 Å². The number of carbonyl (C=O) groups excluding carboxylic acids is 2. The molecule has 1 heterocycles. The Morgan fingerprint density at radius 2 is 2.00 bits per heavy atom. The molecule has 0 atom stereocenters. The number of amides is 1. The first-order valence-corrected chi connectivity index (χ1v) is 7.42. The van der Waals surface area contributed by atoms with Crippen molar-refractivity contribution in [2.24, 2.45) is 0 Å². The topological polar surface area (TPSA) is 77.5 Å². The van der Waals surface area contributed by atoms with E-state index in [-0.39, 0.29) is 30.9 Å². The summed E-state index contributed by atoms with van der Waals surface area (Å²) in [4.78, 5) is 27.8. The summed E-state index contributed by atoms with van der Waals surface area (Å²) in [5.74, 6) is 0.0825. The minimum absolute atomic E-state index is 0.134. The van der Waals surface area contributed by atoms with E-state index in [1.165, 1.54) is 0 Å². The molecule has 6 heteroatoms. The number of hydrogen-bond acceptors (Lipinski definition) is 5. The molecule has 0 bridgehead atoms. The summed E-state index contributed by atoms with van der Waals surface area (Å²) in [5, 5.41) is 3.55. The molecular formula is C17H20N2O4. The molecule has 1 aromatic carbocycles. The third kappa shape index (κ3) is 4.67. The summed E-state index contributed by atoms with van der Waals surface area (Å²) in [6.45, 7) is 3.78. The van der Waals surface area contributed by atoms with Gasteiger partial charge in [-0.05, 0) is 38.1 Å². The van der Waals surface area contributed by atoms with Gasteiger partial charge in [-0.1, -0.05) is 6.07 Å². The Bertz CT molecular complexity index is 713. The van der Waals surface area contributed by atoms with Crippen LogP contribution in [-0.4, -0.2) is 36.6 Å². The van der Waals surface area contributed by atoms with Gasteiger partial charge in [0, 0.05) is 11.9 Å². The van der Waals surface area contributed by atoms with Crippen molar-refractivity contribution in [3.63, 3.8) is 0 Å². The molecule has 0 aliphatic heterocycles. The molecule has 0 spiro atoms. The smallest absolute Gasteiger partial charge is 0.307 e. The number of rotatable bonds is 6. The van der Waals surface area contributed by atoms with Crippen LogP contribution >= 0.6 is 0 Å². The summed E-state index contributed by atoms with van der Waals surface area (Å²) in [5.41, 5.74) is 1.01. The van der Waals surface area contributed by atoms with E-state index in [2.05, 4.69) is 10.3 Å². The molecule has 2 aromatic rings. The van der Waals surface area contributed by atoms with Crippen LogP contribution in [0.4, 0.5) is 0 Å². The van der Waals surface area contributed by atoms with Crippen LogP contribution in [0.3, 0.4) is 0 Å². The van der Waals surface area contributed by atoms with Gasteiger partial charge in [0.05, 0.1) is 25.2 Å². The maximum absolute atomic E-state index is 12.1. The molecule has 1 amide bonds. The molecule has 0 aliphatic carbocycles. The number of ether oxygens (including phenoxy) is 2. The Hall–Kier alpha value is -2.63.